The number of anilines is 1. The third kappa shape index (κ3) is 2.52. The van der Waals surface area contributed by atoms with Gasteiger partial charge in [0.05, 0.1) is 10.9 Å². The molecule has 1 heterocycles. The predicted octanol–water partition coefficient (Wildman–Crippen LogP) is 2.94. The minimum atomic E-state index is -0.365. The van der Waals surface area contributed by atoms with Crippen LogP contribution in [0.4, 0.5) is 10.2 Å². The van der Waals surface area contributed by atoms with E-state index in [9.17, 15) is 4.39 Å². The first-order valence-electron chi connectivity index (χ1n) is 5.78. The van der Waals surface area contributed by atoms with Crippen LogP contribution in [-0.4, -0.2) is 9.97 Å². The van der Waals surface area contributed by atoms with Crippen LogP contribution in [0.25, 0.3) is 10.9 Å². The highest BCUT2D eigenvalue weighted by Gasteiger charge is 2.09. The number of nitrogens with two attached hydrogens (primary N) is 1. The molecular weight excluding hydrogens is 217 g/mol. The van der Waals surface area contributed by atoms with Crippen LogP contribution in [-0.2, 0) is 6.42 Å². The fraction of sp³-hybridized carbons (Fsp3) is 0.385. The summed E-state index contributed by atoms with van der Waals surface area (Å²) in [6, 6.07) is 4.77. The Morgan fingerprint density at radius 2 is 2.06 bits per heavy atom. The van der Waals surface area contributed by atoms with E-state index in [-0.39, 0.29) is 11.6 Å². The van der Waals surface area contributed by atoms with Gasteiger partial charge in [-0.25, -0.2) is 14.4 Å². The Kier molecular flexibility index (Phi) is 3.22. The number of hydrogen-bond donors (Lipinski definition) is 1. The first-order chi connectivity index (χ1) is 8.08. The Balaban J connectivity index is 2.42. The number of nitrogen functional groups attached to an aromatic ring is 1. The molecule has 17 heavy (non-hydrogen) atoms. The van der Waals surface area contributed by atoms with Crippen molar-refractivity contribution < 1.29 is 4.39 Å². The molecule has 0 aliphatic heterocycles. The lowest BCUT2D eigenvalue weighted by Crippen LogP contribution is -2.03. The zero-order valence-corrected chi connectivity index (χ0v) is 10.1. The lowest BCUT2D eigenvalue weighted by atomic mass is 10.1. The molecule has 2 aromatic rings. The maximum Gasteiger partial charge on any atom is 0.138 e. The summed E-state index contributed by atoms with van der Waals surface area (Å²) in [5, 5.41) is 0.320. The molecule has 0 aliphatic rings. The van der Waals surface area contributed by atoms with E-state index in [4.69, 9.17) is 5.73 Å². The molecule has 1 aromatic carbocycles. The van der Waals surface area contributed by atoms with Crippen LogP contribution in [0.5, 0.6) is 0 Å². The molecule has 0 unspecified atom stereocenters. The molecule has 0 spiro atoms. The smallest absolute Gasteiger partial charge is 0.138 e. The maximum atomic E-state index is 13.5. The minimum absolute atomic E-state index is 0.229. The quantitative estimate of drug-likeness (QED) is 0.886. The fourth-order valence-corrected chi connectivity index (χ4v) is 1.75. The highest BCUT2D eigenvalue weighted by Crippen LogP contribution is 2.21. The maximum absolute atomic E-state index is 13.5. The van der Waals surface area contributed by atoms with Crippen LogP contribution in [0, 0.1) is 11.7 Å². The average molecular weight is 233 g/mol. The number of rotatable bonds is 3. The highest BCUT2D eigenvalue weighted by atomic mass is 19.1. The van der Waals surface area contributed by atoms with E-state index in [1.165, 1.54) is 6.07 Å². The molecule has 0 amide bonds. The monoisotopic (exact) mass is 233 g/mol. The van der Waals surface area contributed by atoms with Gasteiger partial charge in [0.25, 0.3) is 0 Å². The van der Waals surface area contributed by atoms with Gasteiger partial charge >= 0.3 is 0 Å². The fourth-order valence-electron chi connectivity index (χ4n) is 1.75. The van der Waals surface area contributed by atoms with Gasteiger partial charge in [-0.05, 0) is 24.5 Å². The van der Waals surface area contributed by atoms with Gasteiger partial charge in [-0.3, -0.25) is 0 Å². The molecule has 90 valence electrons. The van der Waals surface area contributed by atoms with Gasteiger partial charge in [-0.2, -0.15) is 0 Å². The normalized spacial score (nSPS) is 11.3. The van der Waals surface area contributed by atoms with Crippen molar-refractivity contribution >= 4 is 16.7 Å². The van der Waals surface area contributed by atoms with Gasteiger partial charge in [0.15, 0.2) is 0 Å². The van der Waals surface area contributed by atoms with Gasteiger partial charge in [0.1, 0.15) is 17.5 Å². The molecule has 2 rings (SSSR count). The van der Waals surface area contributed by atoms with Crippen molar-refractivity contribution in [2.45, 2.75) is 26.7 Å². The summed E-state index contributed by atoms with van der Waals surface area (Å²) in [5.74, 6) is 1.14. The van der Waals surface area contributed by atoms with E-state index < -0.39 is 0 Å². The van der Waals surface area contributed by atoms with E-state index in [0.717, 1.165) is 12.8 Å². The summed E-state index contributed by atoms with van der Waals surface area (Å²) in [6.45, 7) is 4.29. The van der Waals surface area contributed by atoms with Gasteiger partial charge in [-0.15, -0.1) is 0 Å². The Morgan fingerprint density at radius 3 is 2.76 bits per heavy atom. The molecule has 0 fully saturated rings. The number of fused-ring (bicyclic) bond motifs is 1. The van der Waals surface area contributed by atoms with Crippen molar-refractivity contribution in [3.63, 3.8) is 0 Å². The van der Waals surface area contributed by atoms with E-state index in [1.54, 1.807) is 12.1 Å². The third-order valence-electron chi connectivity index (χ3n) is 2.69. The summed E-state index contributed by atoms with van der Waals surface area (Å²) in [7, 11) is 0. The molecule has 0 saturated carbocycles. The Hall–Kier alpha value is -1.71. The molecule has 0 aliphatic carbocycles. The number of aromatic nitrogens is 2. The number of benzene rings is 1. The van der Waals surface area contributed by atoms with Gasteiger partial charge < -0.3 is 5.73 Å². The van der Waals surface area contributed by atoms with Crippen LogP contribution in [0.15, 0.2) is 18.2 Å². The zero-order chi connectivity index (χ0) is 12.4. The van der Waals surface area contributed by atoms with Crippen LogP contribution >= 0.6 is 0 Å². The molecule has 0 saturated heterocycles. The third-order valence-corrected chi connectivity index (χ3v) is 2.69. The number of nitrogens with zero attached hydrogens (tertiary/aromatic N) is 2. The second kappa shape index (κ2) is 4.65. The molecule has 3 nitrogen and oxygen atoms in total. The Labute approximate surface area is 99.9 Å². The zero-order valence-electron chi connectivity index (χ0n) is 10.1. The minimum Gasteiger partial charge on any atom is -0.383 e. The van der Waals surface area contributed by atoms with Crippen LogP contribution in [0.2, 0.25) is 0 Å². The molecule has 4 heteroatoms. The Morgan fingerprint density at radius 1 is 1.29 bits per heavy atom. The highest BCUT2D eigenvalue weighted by molar-refractivity contribution is 5.88. The van der Waals surface area contributed by atoms with Crippen molar-refractivity contribution in [2.75, 3.05) is 5.73 Å². The second-order valence-electron chi connectivity index (χ2n) is 4.59. The SMILES string of the molecule is CC(C)CCc1nc(N)c2c(F)cccc2n1. The molecule has 2 N–H and O–H groups in total. The number of halogens is 1. The van der Waals surface area contributed by atoms with E-state index in [0.29, 0.717) is 22.6 Å². The summed E-state index contributed by atoms with van der Waals surface area (Å²) < 4.78 is 13.5. The van der Waals surface area contributed by atoms with Crippen molar-refractivity contribution in [1.82, 2.24) is 9.97 Å². The second-order valence-corrected chi connectivity index (χ2v) is 4.59. The van der Waals surface area contributed by atoms with Crippen LogP contribution in [0.1, 0.15) is 26.1 Å². The molecule has 0 bridgehead atoms. The summed E-state index contributed by atoms with van der Waals surface area (Å²) in [4.78, 5) is 8.50. The largest absolute Gasteiger partial charge is 0.383 e. The standard InChI is InChI=1S/C13H16FN3/c1-8(2)6-7-11-16-10-5-3-4-9(14)12(10)13(15)17-11/h3-5,8H,6-7H2,1-2H3,(H2,15,16,17). The molecule has 0 radical (unpaired) electrons. The topological polar surface area (TPSA) is 51.8 Å². The molecule has 0 atom stereocenters. The first-order valence-corrected chi connectivity index (χ1v) is 5.78. The van der Waals surface area contributed by atoms with E-state index in [1.807, 2.05) is 0 Å². The average Bonchev–Trinajstić information content (AvgIpc) is 2.26. The number of aryl methyl sites for hydroxylation is 1. The van der Waals surface area contributed by atoms with Crippen LogP contribution < -0.4 is 5.73 Å². The van der Waals surface area contributed by atoms with Crippen LogP contribution in [0.3, 0.4) is 0 Å². The van der Waals surface area contributed by atoms with E-state index >= 15 is 0 Å². The lowest BCUT2D eigenvalue weighted by Gasteiger charge is -2.07. The van der Waals surface area contributed by atoms with Crippen molar-refractivity contribution in [1.29, 1.82) is 0 Å². The summed E-state index contributed by atoms with van der Waals surface area (Å²) in [5.41, 5.74) is 6.35. The van der Waals surface area contributed by atoms with Gasteiger partial charge in [0.2, 0.25) is 0 Å². The molecule has 1 aromatic heterocycles. The van der Waals surface area contributed by atoms with Crippen molar-refractivity contribution in [3.8, 4) is 0 Å². The summed E-state index contributed by atoms with van der Waals surface area (Å²) in [6.07, 6.45) is 1.77. The predicted molar refractivity (Wildman–Crippen MR) is 67.1 cm³/mol. The first kappa shape index (κ1) is 11.8. The lowest BCUT2D eigenvalue weighted by molar-refractivity contribution is 0.575. The van der Waals surface area contributed by atoms with Gasteiger partial charge in [0, 0.05) is 6.42 Å². The number of hydrogen-bond acceptors (Lipinski definition) is 3. The van der Waals surface area contributed by atoms with Gasteiger partial charge in [-0.1, -0.05) is 19.9 Å². The van der Waals surface area contributed by atoms with Crippen molar-refractivity contribution in [2.24, 2.45) is 5.92 Å². The van der Waals surface area contributed by atoms with Crippen molar-refractivity contribution in [3.05, 3.63) is 29.8 Å². The van der Waals surface area contributed by atoms with E-state index in [2.05, 4.69) is 23.8 Å². The summed E-state index contributed by atoms with van der Waals surface area (Å²) >= 11 is 0. The Bertz CT molecular complexity index is 537. The molecular formula is C13H16FN3.